The van der Waals surface area contributed by atoms with Crippen molar-refractivity contribution in [1.82, 2.24) is 49.2 Å². The smallest absolute Gasteiger partial charge is 0.459 e. The summed E-state index contributed by atoms with van der Waals surface area (Å²) in [7, 11) is -2.44. The molecule has 2 saturated heterocycles. The second-order valence-electron chi connectivity index (χ2n) is 23.7. The minimum Gasteiger partial charge on any atom is -0.462 e. The van der Waals surface area contributed by atoms with Gasteiger partial charge < -0.3 is 53.1 Å². The minimum absolute atomic E-state index is 0.0354. The minimum atomic E-state index is -5.04. The van der Waals surface area contributed by atoms with Crippen molar-refractivity contribution in [2.75, 3.05) is 61.8 Å². The number of alkyl halides is 2. The van der Waals surface area contributed by atoms with E-state index in [1.54, 1.807) is 76.1 Å². The molecule has 6 heterocycles. The summed E-state index contributed by atoms with van der Waals surface area (Å²) in [5, 5.41) is 38.3. The molecule has 0 aliphatic carbocycles. The van der Waals surface area contributed by atoms with E-state index in [4.69, 9.17) is 32.5 Å². The SMILES string of the molecule is CC(=O)Nc1nc(N(C)C)c2ncn([C@@H]3O[C@H](CO)[C@@H](O)[C@@]3(C)F)c2n1.CC(=O)Nc1nc(N(C)C)c2ncn([C@@H]3O[C@H](CO[P@@](=O)(N[C@@H](C)C(=O)OC(C)C)Oc4ccccc4)[C@@H](O)[C@@]3(C)F)c2n1.CC(C)OC(=O)[C@H](C)N[P@](=O)(Oc1ccccc1)c1c(F)c(F)c(F)c(F)c1F. The van der Waals surface area contributed by atoms with Crippen molar-refractivity contribution in [3.05, 3.63) is 102 Å². The molecule has 30 nitrogen and oxygen atoms in total. The number of benzene rings is 3. The fourth-order valence-corrected chi connectivity index (χ4v) is 13.2. The first-order valence-corrected chi connectivity index (χ1v) is 33.3. The zero-order chi connectivity index (χ0) is 73.6. The number of amides is 2. The van der Waals surface area contributed by atoms with E-state index in [1.165, 1.54) is 99.7 Å². The van der Waals surface area contributed by atoms with Crippen molar-refractivity contribution in [3.8, 4) is 11.5 Å². The lowest BCUT2D eigenvalue weighted by Gasteiger charge is -2.25. The van der Waals surface area contributed by atoms with Crippen LogP contribution in [0.5, 0.6) is 11.5 Å². The molecule has 99 heavy (non-hydrogen) atoms. The Morgan fingerprint density at radius 1 is 0.606 bits per heavy atom. The van der Waals surface area contributed by atoms with Crippen LogP contribution in [0.4, 0.5) is 54.3 Å². The molecule has 7 N–H and O–H groups in total. The highest BCUT2D eigenvalue weighted by Gasteiger charge is 2.57. The van der Waals surface area contributed by atoms with E-state index in [0.29, 0.717) is 22.7 Å². The lowest BCUT2D eigenvalue weighted by atomic mass is 9.98. The number of rotatable bonds is 23. The summed E-state index contributed by atoms with van der Waals surface area (Å²) in [6.07, 6.45) is -6.78. The standard InChI is InChI=1S/C27H37FN7O8P.C18H17F5NO4P.C15H21FN6O4/c1-15(2)41-24(38)16(3)33-44(39,43-18-11-9-8-10-12-18)40-13-19-21(37)27(5,28)25(42-19)35-14-29-20-22(34(6)7)31-26(30-17(4)36)32-23(20)35;1-9(2)27-18(25)10(3)24-29(26,28-11-7-5-4-6-8-11)17-15(22)13(20)12(19)14(21)16(17)23;1-7(24)18-14-19-11(21(3)4)9-12(20-14)22(6-17-9)13-15(2,16)10(25)8(5-23)26-13/h8-12,14-16,19,21,25,37H,13H2,1-7H3,(H,33,39)(H,30,31,32,36);4-10H,1-3H3,(H,24,26);6,8,10,13,23,25H,5H2,1-4H3,(H,18,19,20,24)/t16-,19+,21+,25+,27+,44-;10-,29+;8-,10-,13-,15-/m001/s1. The number of esters is 2. The maximum Gasteiger partial charge on any atom is 0.459 e. The number of aliphatic hydroxyl groups is 3. The summed E-state index contributed by atoms with van der Waals surface area (Å²) in [5.41, 5.74) is -3.56. The van der Waals surface area contributed by atoms with Gasteiger partial charge in [0.25, 0.3) is 0 Å². The second kappa shape index (κ2) is 31.8. The predicted molar refractivity (Wildman–Crippen MR) is 343 cm³/mol. The summed E-state index contributed by atoms with van der Waals surface area (Å²) in [6.45, 7) is 12.8. The van der Waals surface area contributed by atoms with Gasteiger partial charge in [0.15, 0.2) is 81.0 Å². The quantitative estimate of drug-likeness (QED) is 0.0111. The molecule has 9 rings (SSSR count). The van der Waals surface area contributed by atoms with Crippen molar-refractivity contribution < 1.29 is 107 Å². The lowest BCUT2D eigenvalue weighted by molar-refractivity contribution is -0.149. The van der Waals surface area contributed by atoms with E-state index in [2.05, 4.69) is 45.6 Å². The Balaban J connectivity index is 0.000000219. The van der Waals surface area contributed by atoms with Crippen LogP contribution in [0.2, 0.25) is 0 Å². The van der Waals surface area contributed by atoms with Crippen molar-refractivity contribution in [2.45, 2.75) is 142 Å². The fourth-order valence-electron chi connectivity index (χ4n) is 9.68. The van der Waals surface area contributed by atoms with Gasteiger partial charge in [-0.1, -0.05) is 36.4 Å². The van der Waals surface area contributed by atoms with Crippen molar-refractivity contribution in [2.24, 2.45) is 0 Å². The number of nitrogens with one attached hydrogen (secondary N) is 4. The Hall–Kier alpha value is -8.51. The first kappa shape index (κ1) is 77.8. The largest absolute Gasteiger partial charge is 0.462 e. The number of hydrogen-bond donors (Lipinski definition) is 7. The molecule has 0 bridgehead atoms. The van der Waals surface area contributed by atoms with Crippen LogP contribution in [0.15, 0.2) is 73.3 Å². The third-order valence-electron chi connectivity index (χ3n) is 14.3. The first-order valence-electron chi connectivity index (χ1n) is 30.1. The van der Waals surface area contributed by atoms with Crippen LogP contribution in [-0.2, 0) is 51.8 Å². The highest BCUT2D eigenvalue weighted by Crippen LogP contribution is 2.50. The summed E-state index contributed by atoms with van der Waals surface area (Å²) < 4.78 is 168. The number of nitrogens with zero attached hydrogens (tertiary/aromatic N) is 10. The highest BCUT2D eigenvalue weighted by molar-refractivity contribution is 7.65. The molecular formula is C60H75F7N14O16P2. The molecule has 2 amide bonds. The molecule has 3 aromatic carbocycles. The maximum absolute atomic E-state index is 16.2. The number of fused-ring (bicyclic) bond motifs is 2. The van der Waals surface area contributed by atoms with Crippen LogP contribution in [-0.4, -0.2) is 180 Å². The van der Waals surface area contributed by atoms with Gasteiger partial charge in [-0.25, -0.2) is 50.4 Å². The van der Waals surface area contributed by atoms with E-state index < -0.39 is 153 Å². The molecule has 540 valence electrons. The molecule has 7 aromatic rings. The Bertz CT molecular complexity index is 4120. The fraction of sp³-hybridized carbons (Fsp3) is 0.467. The molecule has 12 atom stereocenters. The number of para-hydroxylation sites is 2. The Labute approximate surface area is 562 Å². The van der Waals surface area contributed by atoms with Crippen molar-refractivity contribution in [1.29, 1.82) is 0 Å². The average molecular weight is 1440 g/mol. The highest BCUT2D eigenvalue weighted by atomic mass is 31.2. The zero-order valence-corrected chi connectivity index (χ0v) is 57.6. The maximum atomic E-state index is 16.2. The van der Waals surface area contributed by atoms with Crippen molar-refractivity contribution >= 4 is 90.2 Å². The number of imidazole rings is 2. The molecule has 2 aliphatic rings. The third-order valence-corrected chi connectivity index (χ3v) is 18.1. The molecule has 0 spiro atoms. The van der Waals surface area contributed by atoms with Gasteiger partial charge in [0, 0.05) is 42.0 Å². The molecule has 0 unspecified atom stereocenters. The van der Waals surface area contributed by atoms with Crippen LogP contribution < -0.4 is 45.0 Å². The molecule has 0 saturated carbocycles. The molecule has 4 aromatic heterocycles. The van der Waals surface area contributed by atoms with E-state index in [-0.39, 0.29) is 40.6 Å². The van der Waals surface area contributed by atoms with Gasteiger partial charge >= 0.3 is 27.2 Å². The molecule has 39 heteroatoms. The number of ether oxygens (including phenoxy) is 4. The van der Waals surface area contributed by atoms with Crippen LogP contribution in [0.3, 0.4) is 0 Å². The summed E-state index contributed by atoms with van der Waals surface area (Å²) in [4.78, 5) is 76.5. The van der Waals surface area contributed by atoms with Crippen LogP contribution >= 0.6 is 15.3 Å². The number of aliphatic hydroxyl groups excluding tert-OH is 3. The van der Waals surface area contributed by atoms with Gasteiger partial charge in [-0.05, 0) is 79.7 Å². The predicted octanol–water partition coefficient (Wildman–Crippen LogP) is 7.01. The number of carbonyl (C=O) groups is 4. The van der Waals surface area contributed by atoms with Gasteiger partial charge in [-0.2, -0.15) is 25.0 Å². The summed E-state index contributed by atoms with van der Waals surface area (Å²) in [6, 6.07) is 12.4. The lowest BCUT2D eigenvalue weighted by Crippen LogP contribution is -2.41. The average Bonchev–Trinajstić information content (AvgIpc) is 1.04. The van der Waals surface area contributed by atoms with E-state index in [1.807, 2.05) is 5.09 Å². The van der Waals surface area contributed by atoms with Gasteiger partial charge in [0.2, 0.25) is 29.5 Å². The zero-order valence-electron chi connectivity index (χ0n) is 55.8. The second-order valence-corrected chi connectivity index (χ2v) is 27.4. The van der Waals surface area contributed by atoms with Gasteiger partial charge in [0.1, 0.15) is 53.3 Å². The normalized spacial score (nSPS) is 22.2. The van der Waals surface area contributed by atoms with E-state index >= 15 is 8.78 Å². The topological polar surface area (TPSA) is 370 Å². The molecular weight excluding hydrogens is 1370 g/mol. The summed E-state index contributed by atoms with van der Waals surface area (Å²) >= 11 is 0. The van der Waals surface area contributed by atoms with E-state index in [9.17, 15) is 65.6 Å². The number of carbonyl (C=O) groups excluding carboxylic acids is 4. The van der Waals surface area contributed by atoms with Crippen molar-refractivity contribution in [3.63, 3.8) is 0 Å². The first-order chi connectivity index (χ1) is 46.2. The molecule has 0 radical (unpaired) electrons. The van der Waals surface area contributed by atoms with Crippen LogP contribution in [0.1, 0.15) is 81.7 Å². The third kappa shape index (κ3) is 17.9. The van der Waals surface area contributed by atoms with Gasteiger partial charge in [-0.15, -0.1) is 0 Å². The monoisotopic (exact) mass is 1440 g/mol. The van der Waals surface area contributed by atoms with Crippen LogP contribution in [0.25, 0.3) is 22.3 Å². The van der Waals surface area contributed by atoms with Gasteiger partial charge in [0.05, 0.1) is 38.1 Å². The number of anilines is 4. The number of hydrogen-bond acceptors (Lipinski definition) is 24. The number of halogens is 7. The van der Waals surface area contributed by atoms with Crippen LogP contribution in [0, 0.1) is 29.1 Å². The summed E-state index contributed by atoms with van der Waals surface area (Å²) in [5.74, 6) is -13.4. The molecule has 2 aliphatic heterocycles. The number of aromatic nitrogens is 8. The Kier molecular flexibility index (Phi) is 25.0. The molecule has 2 fully saturated rings. The van der Waals surface area contributed by atoms with E-state index in [0.717, 1.165) is 13.8 Å². The Morgan fingerprint density at radius 3 is 1.37 bits per heavy atom. The van der Waals surface area contributed by atoms with Gasteiger partial charge in [-0.3, -0.25) is 48.0 Å². The Morgan fingerprint density at radius 2 is 0.990 bits per heavy atom.